The molecule has 0 fully saturated rings. The van der Waals surface area contributed by atoms with Crippen LogP contribution in [0.15, 0.2) is 18.2 Å². The van der Waals surface area contributed by atoms with Crippen LogP contribution in [0.25, 0.3) is 0 Å². The summed E-state index contributed by atoms with van der Waals surface area (Å²) >= 11 is 0. The number of benzene rings is 1. The third-order valence-corrected chi connectivity index (χ3v) is 2.90. The van der Waals surface area contributed by atoms with Crippen LogP contribution in [0.2, 0.25) is 0 Å². The molecule has 0 radical (unpaired) electrons. The Labute approximate surface area is 102 Å². The van der Waals surface area contributed by atoms with Gasteiger partial charge in [0.1, 0.15) is 5.75 Å². The molecule has 1 aromatic rings. The van der Waals surface area contributed by atoms with Gasteiger partial charge in [0.05, 0.1) is 18.5 Å². The van der Waals surface area contributed by atoms with Crippen LogP contribution < -0.4 is 15.0 Å². The van der Waals surface area contributed by atoms with Gasteiger partial charge in [-0.05, 0) is 26.0 Å². The van der Waals surface area contributed by atoms with Gasteiger partial charge < -0.3 is 15.0 Å². The Morgan fingerprint density at radius 2 is 2.18 bits per heavy atom. The van der Waals surface area contributed by atoms with Crippen molar-refractivity contribution < 1.29 is 9.53 Å². The van der Waals surface area contributed by atoms with E-state index in [-0.39, 0.29) is 11.4 Å². The molecule has 17 heavy (non-hydrogen) atoms. The second-order valence-electron chi connectivity index (χ2n) is 5.00. The summed E-state index contributed by atoms with van der Waals surface area (Å²) in [6.45, 7) is 6.41. The molecule has 0 saturated carbocycles. The summed E-state index contributed by atoms with van der Waals surface area (Å²) in [5.74, 6) is 0.850. The lowest BCUT2D eigenvalue weighted by molar-refractivity contribution is -0.116. The Morgan fingerprint density at radius 3 is 2.76 bits per heavy atom. The first-order chi connectivity index (χ1) is 7.93. The number of anilines is 2. The zero-order valence-corrected chi connectivity index (χ0v) is 10.7. The highest BCUT2D eigenvalue weighted by Gasteiger charge is 2.31. The smallest absolute Gasteiger partial charge is 0.224 e. The number of ether oxygens (including phenoxy) is 1. The average molecular weight is 234 g/mol. The predicted molar refractivity (Wildman–Crippen MR) is 68.7 cm³/mol. The van der Waals surface area contributed by atoms with Gasteiger partial charge in [-0.1, -0.05) is 0 Å². The number of methoxy groups -OCH3 is 1. The molecule has 0 spiro atoms. The molecule has 0 aromatic heterocycles. The number of carbonyl (C=O) groups excluding carboxylic acids is 1. The van der Waals surface area contributed by atoms with Crippen molar-refractivity contribution in [3.63, 3.8) is 0 Å². The molecule has 1 aliphatic rings. The monoisotopic (exact) mass is 234 g/mol. The molecule has 0 aliphatic carbocycles. The van der Waals surface area contributed by atoms with Crippen molar-refractivity contribution in [2.75, 3.05) is 23.9 Å². The zero-order chi connectivity index (χ0) is 12.6. The fraction of sp³-hybridized carbons (Fsp3) is 0.462. The molecule has 1 aromatic carbocycles. The van der Waals surface area contributed by atoms with E-state index in [1.54, 1.807) is 18.9 Å². The lowest BCUT2D eigenvalue weighted by Gasteiger charge is -2.40. The van der Waals surface area contributed by atoms with Gasteiger partial charge >= 0.3 is 0 Å². The molecule has 0 unspecified atom stereocenters. The van der Waals surface area contributed by atoms with Gasteiger partial charge in [-0.2, -0.15) is 0 Å². The summed E-state index contributed by atoms with van der Waals surface area (Å²) in [4.78, 5) is 13.5. The summed E-state index contributed by atoms with van der Waals surface area (Å²) in [5.41, 5.74) is 1.72. The van der Waals surface area contributed by atoms with Crippen molar-refractivity contribution in [3.8, 4) is 5.75 Å². The second-order valence-corrected chi connectivity index (χ2v) is 5.00. The molecule has 2 rings (SSSR count). The van der Waals surface area contributed by atoms with Crippen molar-refractivity contribution in [3.05, 3.63) is 18.2 Å². The Kier molecular flexibility index (Phi) is 2.73. The number of fused-ring (bicyclic) bond motifs is 1. The number of nitrogens with one attached hydrogen (secondary N) is 1. The molecule has 4 heteroatoms. The van der Waals surface area contributed by atoms with Crippen LogP contribution in [-0.2, 0) is 4.79 Å². The molecule has 1 amide bonds. The second kappa shape index (κ2) is 3.95. The molecule has 1 aliphatic heterocycles. The lowest BCUT2D eigenvalue weighted by Crippen LogP contribution is -2.50. The number of hydrogen-bond acceptors (Lipinski definition) is 3. The molecule has 0 bridgehead atoms. The van der Waals surface area contributed by atoms with Crippen LogP contribution >= 0.6 is 0 Å². The van der Waals surface area contributed by atoms with E-state index in [9.17, 15) is 4.79 Å². The maximum Gasteiger partial charge on any atom is 0.224 e. The largest absolute Gasteiger partial charge is 0.497 e. The van der Waals surface area contributed by atoms with E-state index in [1.165, 1.54) is 0 Å². The minimum absolute atomic E-state index is 0.0611. The van der Waals surface area contributed by atoms with E-state index in [4.69, 9.17) is 4.74 Å². The molecule has 0 saturated heterocycles. The quantitative estimate of drug-likeness (QED) is 0.810. The normalized spacial score (nSPS) is 17.1. The number of rotatable bonds is 1. The van der Waals surface area contributed by atoms with Crippen molar-refractivity contribution in [1.82, 2.24) is 0 Å². The predicted octanol–water partition coefficient (Wildman–Crippen LogP) is 2.25. The fourth-order valence-corrected chi connectivity index (χ4v) is 2.14. The van der Waals surface area contributed by atoms with E-state index < -0.39 is 0 Å². The Morgan fingerprint density at radius 1 is 1.47 bits per heavy atom. The van der Waals surface area contributed by atoms with Gasteiger partial charge in [-0.3, -0.25) is 4.79 Å². The van der Waals surface area contributed by atoms with E-state index >= 15 is 0 Å². The van der Waals surface area contributed by atoms with Crippen LogP contribution in [0.5, 0.6) is 5.75 Å². The number of hydrogen-bond donors (Lipinski definition) is 1. The molecular formula is C13H18N2O2. The SMILES string of the molecule is COc1ccc2c(c1)NC(C)(C)CN2C(C)=O. The third-order valence-electron chi connectivity index (χ3n) is 2.90. The molecular weight excluding hydrogens is 216 g/mol. The van der Waals surface area contributed by atoms with Crippen molar-refractivity contribution in [2.24, 2.45) is 0 Å². The van der Waals surface area contributed by atoms with Gasteiger partial charge in [-0.25, -0.2) is 0 Å². The van der Waals surface area contributed by atoms with Crippen LogP contribution in [0, 0.1) is 0 Å². The molecule has 1 heterocycles. The maximum absolute atomic E-state index is 11.7. The highest BCUT2D eigenvalue weighted by Crippen LogP contribution is 2.36. The van der Waals surface area contributed by atoms with Gasteiger partial charge in [0, 0.05) is 25.1 Å². The van der Waals surface area contributed by atoms with E-state index in [2.05, 4.69) is 19.2 Å². The summed E-state index contributed by atoms with van der Waals surface area (Å²) < 4.78 is 5.20. The first-order valence-corrected chi connectivity index (χ1v) is 5.67. The van der Waals surface area contributed by atoms with Crippen LogP contribution in [-0.4, -0.2) is 25.1 Å². The van der Waals surface area contributed by atoms with Gasteiger partial charge in [0.2, 0.25) is 5.91 Å². The van der Waals surface area contributed by atoms with E-state index in [1.807, 2.05) is 18.2 Å². The average Bonchev–Trinajstić information content (AvgIpc) is 2.25. The molecule has 4 nitrogen and oxygen atoms in total. The van der Waals surface area contributed by atoms with Crippen molar-refractivity contribution in [2.45, 2.75) is 26.3 Å². The van der Waals surface area contributed by atoms with E-state index in [0.717, 1.165) is 17.1 Å². The zero-order valence-electron chi connectivity index (χ0n) is 10.7. The minimum Gasteiger partial charge on any atom is -0.497 e. The van der Waals surface area contributed by atoms with Crippen molar-refractivity contribution in [1.29, 1.82) is 0 Å². The number of nitrogens with zero attached hydrogens (tertiary/aromatic N) is 1. The van der Waals surface area contributed by atoms with Crippen LogP contribution in [0.1, 0.15) is 20.8 Å². The fourth-order valence-electron chi connectivity index (χ4n) is 2.14. The van der Waals surface area contributed by atoms with Crippen molar-refractivity contribution >= 4 is 17.3 Å². The number of carbonyl (C=O) groups is 1. The van der Waals surface area contributed by atoms with Gasteiger partial charge in [-0.15, -0.1) is 0 Å². The lowest BCUT2D eigenvalue weighted by atomic mass is 9.99. The Balaban J connectivity index is 2.48. The molecule has 1 N–H and O–H groups in total. The highest BCUT2D eigenvalue weighted by molar-refractivity contribution is 5.97. The first kappa shape index (κ1) is 11.8. The summed E-state index contributed by atoms with van der Waals surface area (Å²) in [6.07, 6.45) is 0. The third kappa shape index (κ3) is 2.20. The Hall–Kier alpha value is -1.71. The summed E-state index contributed by atoms with van der Waals surface area (Å²) in [6, 6.07) is 5.71. The van der Waals surface area contributed by atoms with Gasteiger partial charge in [0.25, 0.3) is 0 Å². The minimum atomic E-state index is -0.134. The summed E-state index contributed by atoms with van der Waals surface area (Å²) in [7, 11) is 1.64. The van der Waals surface area contributed by atoms with Crippen LogP contribution in [0.3, 0.4) is 0 Å². The topological polar surface area (TPSA) is 41.6 Å². The van der Waals surface area contributed by atoms with Gasteiger partial charge in [0.15, 0.2) is 0 Å². The van der Waals surface area contributed by atoms with E-state index in [0.29, 0.717) is 6.54 Å². The maximum atomic E-state index is 11.7. The summed E-state index contributed by atoms with van der Waals surface area (Å²) in [5, 5.41) is 3.42. The molecule has 92 valence electrons. The first-order valence-electron chi connectivity index (χ1n) is 5.67. The molecule has 0 atom stereocenters. The number of amides is 1. The highest BCUT2D eigenvalue weighted by atomic mass is 16.5. The Bertz CT molecular complexity index is 455. The standard InChI is InChI=1S/C13H18N2O2/c1-9(16)15-8-13(2,3)14-11-7-10(17-4)5-6-12(11)15/h5-7,14H,8H2,1-4H3. The van der Waals surface area contributed by atoms with Crippen LogP contribution in [0.4, 0.5) is 11.4 Å².